The minimum absolute atomic E-state index is 0. The Morgan fingerprint density at radius 3 is 2.35 bits per heavy atom. The molecule has 0 fully saturated rings. The molecule has 0 aliphatic carbocycles. The molecule has 0 heterocycles. The van der Waals surface area contributed by atoms with E-state index >= 15 is 0 Å². The molecule has 1 radical (unpaired) electrons. The standard InChI is InChI=1S/C14H20O2.Na/c1-2-3-4-5-9-12-14(15)16-13-10-7-6-8-11-13;/h6-8,10-11H,2-5,9,12H2,1H3;. The van der Waals surface area contributed by atoms with Gasteiger partial charge in [0.15, 0.2) is 0 Å². The molecular formula is C14H20NaO2. The molecule has 0 bridgehead atoms. The molecule has 0 unspecified atom stereocenters. The molecule has 1 aromatic carbocycles. The molecule has 0 saturated heterocycles. The number of rotatable bonds is 7. The van der Waals surface area contributed by atoms with Crippen LogP contribution < -0.4 is 4.74 Å². The zero-order valence-electron chi connectivity index (χ0n) is 10.9. The van der Waals surface area contributed by atoms with Crippen LogP contribution in [0.5, 0.6) is 5.75 Å². The monoisotopic (exact) mass is 243 g/mol. The molecule has 0 saturated carbocycles. The summed E-state index contributed by atoms with van der Waals surface area (Å²) in [4.78, 5) is 11.4. The minimum Gasteiger partial charge on any atom is -0.427 e. The van der Waals surface area contributed by atoms with Crippen LogP contribution in [0.3, 0.4) is 0 Å². The molecule has 1 rings (SSSR count). The predicted molar refractivity (Wildman–Crippen MR) is 71.2 cm³/mol. The van der Waals surface area contributed by atoms with Gasteiger partial charge in [0.25, 0.3) is 0 Å². The van der Waals surface area contributed by atoms with Crippen molar-refractivity contribution in [3.05, 3.63) is 30.3 Å². The maximum Gasteiger partial charge on any atom is 0.311 e. The number of hydrogen-bond acceptors (Lipinski definition) is 2. The van der Waals surface area contributed by atoms with Gasteiger partial charge in [-0.25, -0.2) is 0 Å². The fraction of sp³-hybridized carbons (Fsp3) is 0.500. The van der Waals surface area contributed by atoms with Crippen LogP contribution in [-0.4, -0.2) is 35.5 Å². The number of esters is 1. The van der Waals surface area contributed by atoms with Gasteiger partial charge in [-0.05, 0) is 18.6 Å². The van der Waals surface area contributed by atoms with Crippen LogP contribution in [0.4, 0.5) is 0 Å². The second-order valence-electron chi connectivity index (χ2n) is 3.95. The van der Waals surface area contributed by atoms with E-state index in [1.807, 2.05) is 18.2 Å². The quantitative estimate of drug-likeness (QED) is 0.317. The first-order valence-corrected chi connectivity index (χ1v) is 6.08. The third kappa shape index (κ3) is 8.42. The summed E-state index contributed by atoms with van der Waals surface area (Å²) in [5.74, 6) is 0.517. The largest absolute Gasteiger partial charge is 0.427 e. The van der Waals surface area contributed by atoms with Crippen molar-refractivity contribution in [3.63, 3.8) is 0 Å². The normalized spacial score (nSPS) is 9.47. The van der Waals surface area contributed by atoms with Crippen LogP contribution in [-0.2, 0) is 4.79 Å². The Morgan fingerprint density at radius 1 is 1.06 bits per heavy atom. The van der Waals surface area contributed by atoms with E-state index in [2.05, 4.69) is 6.92 Å². The Bertz CT molecular complexity index is 298. The number of carbonyl (C=O) groups is 1. The third-order valence-corrected chi connectivity index (χ3v) is 2.46. The molecule has 1 aromatic rings. The van der Waals surface area contributed by atoms with Gasteiger partial charge in [0.05, 0.1) is 0 Å². The minimum atomic E-state index is -0.123. The van der Waals surface area contributed by atoms with E-state index in [9.17, 15) is 4.79 Å². The SMILES string of the molecule is CCCCCCCC(=O)Oc1ccccc1.[Na]. The molecule has 0 aromatic heterocycles. The molecule has 0 spiro atoms. The topological polar surface area (TPSA) is 26.3 Å². The zero-order valence-corrected chi connectivity index (χ0v) is 12.9. The number of unbranched alkanes of at least 4 members (excludes halogenated alkanes) is 4. The first-order valence-electron chi connectivity index (χ1n) is 6.08. The molecule has 2 nitrogen and oxygen atoms in total. The van der Waals surface area contributed by atoms with Gasteiger partial charge in [0.2, 0.25) is 0 Å². The zero-order chi connectivity index (χ0) is 11.6. The van der Waals surface area contributed by atoms with E-state index < -0.39 is 0 Å². The van der Waals surface area contributed by atoms with Crippen molar-refractivity contribution in [1.29, 1.82) is 0 Å². The summed E-state index contributed by atoms with van der Waals surface area (Å²) in [5, 5.41) is 0. The third-order valence-electron chi connectivity index (χ3n) is 2.46. The Morgan fingerprint density at radius 2 is 1.71 bits per heavy atom. The molecular weight excluding hydrogens is 223 g/mol. The molecule has 0 aliphatic heterocycles. The summed E-state index contributed by atoms with van der Waals surface area (Å²) in [7, 11) is 0. The van der Waals surface area contributed by atoms with Gasteiger partial charge in [0, 0.05) is 36.0 Å². The van der Waals surface area contributed by atoms with Crippen molar-refractivity contribution in [3.8, 4) is 5.75 Å². The molecule has 0 N–H and O–H groups in total. The molecule has 17 heavy (non-hydrogen) atoms. The molecule has 0 aliphatic rings. The molecule has 89 valence electrons. The number of ether oxygens (including phenoxy) is 1. The maximum atomic E-state index is 11.4. The van der Waals surface area contributed by atoms with E-state index in [0.717, 1.165) is 12.8 Å². The van der Waals surface area contributed by atoms with Gasteiger partial charge in [-0.2, -0.15) is 0 Å². The Labute approximate surface area is 126 Å². The average molecular weight is 243 g/mol. The second-order valence-corrected chi connectivity index (χ2v) is 3.95. The summed E-state index contributed by atoms with van der Waals surface area (Å²) in [6.45, 7) is 2.18. The smallest absolute Gasteiger partial charge is 0.311 e. The van der Waals surface area contributed by atoms with Gasteiger partial charge in [-0.1, -0.05) is 50.8 Å². The summed E-state index contributed by atoms with van der Waals surface area (Å²) in [6.07, 6.45) is 6.29. The van der Waals surface area contributed by atoms with Crippen molar-refractivity contribution >= 4 is 35.5 Å². The first kappa shape index (κ1) is 16.7. The maximum absolute atomic E-state index is 11.4. The number of para-hydroxylation sites is 1. The number of benzene rings is 1. The molecule has 3 heteroatoms. The summed E-state index contributed by atoms with van der Waals surface area (Å²) in [5.41, 5.74) is 0. The van der Waals surface area contributed by atoms with Crippen LogP contribution in [0.1, 0.15) is 45.4 Å². The number of hydrogen-bond donors (Lipinski definition) is 0. The fourth-order valence-electron chi connectivity index (χ4n) is 1.54. The first-order chi connectivity index (χ1) is 7.83. The number of carbonyl (C=O) groups excluding carboxylic acids is 1. The van der Waals surface area contributed by atoms with Crippen molar-refractivity contribution in [2.75, 3.05) is 0 Å². The summed E-state index contributed by atoms with van der Waals surface area (Å²) >= 11 is 0. The average Bonchev–Trinajstić information content (AvgIpc) is 2.30. The van der Waals surface area contributed by atoms with Crippen LogP contribution in [0.2, 0.25) is 0 Å². The Balaban J connectivity index is 0.00000256. The van der Waals surface area contributed by atoms with Crippen molar-refractivity contribution < 1.29 is 9.53 Å². The second kappa shape index (κ2) is 10.8. The van der Waals surface area contributed by atoms with Crippen LogP contribution in [0.15, 0.2) is 30.3 Å². The van der Waals surface area contributed by atoms with E-state index in [1.165, 1.54) is 19.3 Å². The van der Waals surface area contributed by atoms with E-state index in [-0.39, 0.29) is 35.5 Å². The van der Waals surface area contributed by atoms with Crippen LogP contribution in [0, 0.1) is 0 Å². The van der Waals surface area contributed by atoms with Gasteiger partial charge >= 0.3 is 5.97 Å². The van der Waals surface area contributed by atoms with E-state index in [0.29, 0.717) is 12.2 Å². The van der Waals surface area contributed by atoms with Crippen LogP contribution >= 0.6 is 0 Å². The van der Waals surface area contributed by atoms with Gasteiger partial charge in [-0.3, -0.25) is 4.79 Å². The van der Waals surface area contributed by atoms with E-state index in [1.54, 1.807) is 12.1 Å². The summed E-state index contributed by atoms with van der Waals surface area (Å²) < 4.78 is 5.18. The van der Waals surface area contributed by atoms with Gasteiger partial charge in [0.1, 0.15) is 5.75 Å². The van der Waals surface area contributed by atoms with Crippen molar-refractivity contribution in [2.45, 2.75) is 45.4 Å². The molecule has 0 amide bonds. The van der Waals surface area contributed by atoms with E-state index in [4.69, 9.17) is 4.74 Å². The van der Waals surface area contributed by atoms with Crippen molar-refractivity contribution in [1.82, 2.24) is 0 Å². The summed E-state index contributed by atoms with van der Waals surface area (Å²) in [6, 6.07) is 9.24. The predicted octanol–water partition coefficient (Wildman–Crippen LogP) is 3.57. The molecule has 0 atom stereocenters. The van der Waals surface area contributed by atoms with Gasteiger partial charge in [-0.15, -0.1) is 0 Å². The Kier molecular flexibility index (Phi) is 10.6. The Hall–Kier alpha value is -0.310. The van der Waals surface area contributed by atoms with Gasteiger partial charge < -0.3 is 4.74 Å². The van der Waals surface area contributed by atoms with Crippen molar-refractivity contribution in [2.24, 2.45) is 0 Å². The van der Waals surface area contributed by atoms with Crippen LogP contribution in [0.25, 0.3) is 0 Å². The fourth-order valence-corrected chi connectivity index (χ4v) is 1.54.